The number of benzene rings is 2. The molecule has 0 N–H and O–H groups in total. The highest BCUT2D eigenvalue weighted by atomic mass is 16.5. The summed E-state index contributed by atoms with van der Waals surface area (Å²) in [5.74, 6) is 0.417. The van der Waals surface area contributed by atoms with Crippen LogP contribution in [0.3, 0.4) is 0 Å². The van der Waals surface area contributed by atoms with Gasteiger partial charge in [0.05, 0.1) is 23.9 Å². The van der Waals surface area contributed by atoms with E-state index < -0.39 is 5.97 Å². The van der Waals surface area contributed by atoms with E-state index in [1.807, 2.05) is 68.7 Å². The second kappa shape index (κ2) is 9.01. The number of ether oxygens (including phenoxy) is 2. The summed E-state index contributed by atoms with van der Waals surface area (Å²) in [5.41, 5.74) is 3.54. The minimum Gasteiger partial charge on any atom is -0.465 e. The van der Waals surface area contributed by atoms with Crippen molar-refractivity contribution in [2.24, 2.45) is 0 Å². The van der Waals surface area contributed by atoms with Gasteiger partial charge in [-0.2, -0.15) is 0 Å². The molecule has 0 aliphatic carbocycles. The Bertz CT molecular complexity index is 1030. The third-order valence-electron chi connectivity index (χ3n) is 4.22. The van der Waals surface area contributed by atoms with Crippen molar-refractivity contribution in [1.82, 2.24) is 14.9 Å². The van der Waals surface area contributed by atoms with Crippen LogP contribution in [-0.4, -0.2) is 42.0 Å². The normalized spacial score (nSPS) is 11.1. The standard InChI is InChI=1S/C23H23N3O3/c1-16-21(20(14-26(2)3)23(27)28-4)22(25-15-24-16)29-19-12-8-11-18(13-19)17-9-6-5-7-10-17/h5-15H,1-4H3/b20-14-. The maximum atomic E-state index is 12.4. The fraction of sp³-hybridized carbons (Fsp3) is 0.174. The van der Waals surface area contributed by atoms with Crippen molar-refractivity contribution in [2.75, 3.05) is 21.2 Å². The maximum absolute atomic E-state index is 12.4. The second-order valence-corrected chi connectivity index (χ2v) is 6.63. The molecule has 0 fully saturated rings. The summed E-state index contributed by atoms with van der Waals surface area (Å²) < 4.78 is 11.1. The highest BCUT2D eigenvalue weighted by Gasteiger charge is 2.22. The quantitative estimate of drug-likeness (QED) is 0.462. The topological polar surface area (TPSA) is 64.5 Å². The predicted molar refractivity (Wildman–Crippen MR) is 112 cm³/mol. The lowest BCUT2D eigenvalue weighted by atomic mass is 10.1. The van der Waals surface area contributed by atoms with E-state index >= 15 is 0 Å². The molecule has 29 heavy (non-hydrogen) atoms. The molecule has 0 spiro atoms. The number of hydrogen-bond acceptors (Lipinski definition) is 6. The average Bonchev–Trinajstić information content (AvgIpc) is 2.73. The molecule has 0 saturated heterocycles. The minimum atomic E-state index is -0.487. The number of esters is 1. The van der Waals surface area contributed by atoms with E-state index in [0.717, 1.165) is 11.1 Å². The molecule has 3 aromatic rings. The Morgan fingerprint density at radius 3 is 2.41 bits per heavy atom. The van der Waals surface area contributed by atoms with Crippen molar-refractivity contribution >= 4 is 11.5 Å². The van der Waals surface area contributed by atoms with Gasteiger partial charge in [-0.05, 0) is 30.2 Å². The summed E-state index contributed by atoms with van der Waals surface area (Å²) in [6, 6.07) is 17.7. The first-order chi connectivity index (χ1) is 14.0. The number of aryl methyl sites for hydroxylation is 1. The van der Waals surface area contributed by atoms with Crippen LogP contribution in [0, 0.1) is 6.92 Å². The fourth-order valence-corrected chi connectivity index (χ4v) is 2.91. The monoisotopic (exact) mass is 389 g/mol. The summed E-state index contributed by atoms with van der Waals surface area (Å²) in [7, 11) is 4.99. The van der Waals surface area contributed by atoms with Gasteiger partial charge in [-0.3, -0.25) is 0 Å². The van der Waals surface area contributed by atoms with Gasteiger partial charge in [-0.25, -0.2) is 14.8 Å². The molecule has 0 saturated carbocycles. The lowest BCUT2D eigenvalue weighted by Gasteiger charge is -2.16. The SMILES string of the molecule is COC(=O)/C(=C\N(C)C)c1c(C)ncnc1Oc1cccc(-c2ccccc2)c1. The molecule has 6 heteroatoms. The van der Waals surface area contributed by atoms with Crippen LogP contribution in [-0.2, 0) is 9.53 Å². The van der Waals surface area contributed by atoms with Crippen LogP contribution in [0.25, 0.3) is 16.7 Å². The summed E-state index contributed by atoms with van der Waals surface area (Å²) in [5, 5.41) is 0. The first kappa shape index (κ1) is 20.1. The molecule has 0 amide bonds. The van der Waals surface area contributed by atoms with Gasteiger partial charge in [-0.1, -0.05) is 42.5 Å². The van der Waals surface area contributed by atoms with E-state index in [0.29, 0.717) is 28.5 Å². The van der Waals surface area contributed by atoms with Gasteiger partial charge < -0.3 is 14.4 Å². The van der Waals surface area contributed by atoms with E-state index in [1.54, 1.807) is 18.0 Å². The van der Waals surface area contributed by atoms with Crippen LogP contribution < -0.4 is 4.74 Å². The molecule has 1 heterocycles. The van der Waals surface area contributed by atoms with E-state index in [1.165, 1.54) is 13.4 Å². The third kappa shape index (κ3) is 4.79. The molecule has 0 aliphatic heterocycles. The molecule has 0 bridgehead atoms. The van der Waals surface area contributed by atoms with Gasteiger partial charge in [0.15, 0.2) is 0 Å². The van der Waals surface area contributed by atoms with Crippen molar-refractivity contribution in [1.29, 1.82) is 0 Å². The first-order valence-corrected chi connectivity index (χ1v) is 9.11. The van der Waals surface area contributed by atoms with Gasteiger partial charge in [0.2, 0.25) is 5.88 Å². The molecular formula is C23H23N3O3. The predicted octanol–water partition coefficient (Wildman–Crippen LogP) is 4.32. The Kier molecular flexibility index (Phi) is 6.24. The number of carbonyl (C=O) groups is 1. The Labute approximate surface area is 170 Å². The van der Waals surface area contributed by atoms with Gasteiger partial charge in [0.25, 0.3) is 0 Å². The van der Waals surface area contributed by atoms with Crippen LogP contribution in [0.4, 0.5) is 0 Å². The third-order valence-corrected chi connectivity index (χ3v) is 4.22. The van der Waals surface area contributed by atoms with Crippen LogP contribution in [0.2, 0.25) is 0 Å². The Morgan fingerprint density at radius 2 is 1.72 bits per heavy atom. The molecule has 2 aromatic carbocycles. The summed E-state index contributed by atoms with van der Waals surface area (Å²) in [4.78, 5) is 22.7. The van der Waals surface area contributed by atoms with Crippen LogP contribution in [0.15, 0.2) is 67.1 Å². The molecule has 0 aliphatic rings. The van der Waals surface area contributed by atoms with Crippen LogP contribution in [0.1, 0.15) is 11.3 Å². The van der Waals surface area contributed by atoms with Crippen molar-refractivity contribution in [3.05, 3.63) is 78.4 Å². The molecule has 0 unspecified atom stereocenters. The Morgan fingerprint density at radius 1 is 1.00 bits per heavy atom. The summed E-state index contributed by atoms with van der Waals surface area (Å²) >= 11 is 0. The molecule has 148 valence electrons. The number of hydrogen-bond donors (Lipinski definition) is 0. The Hall–Kier alpha value is -3.67. The number of carbonyl (C=O) groups excluding carboxylic acids is 1. The summed E-state index contributed by atoms with van der Waals surface area (Å²) in [6.45, 7) is 1.80. The highest BCUT2D eigenvalue weighted by Crippen LogP contribution is 2.32. The van der Waals surface area contributed by atoms with Crippen molar-refractivity contribution in [2.45, 2.75) is 6.92 Å². The molecular weight excluding hydrogens is 366 g/mol. The van der Waals surface area contributed by atoms with E-state index in [9.17, 15) is 4.79 Å². The number of nitrogens with zero attached hydrogens (tertiary/aromatic N) is 3. The van der Waals surface area contributed by atoms with Crippen LogP contribution in [0.5, 0.6) is 11.6 Å². The van der Waals surface area contributed by atoms with E-state index in [-0.39, 0.29) is 0 Å². The zero-order chi connectivity index (χ0) is 20.8. The second-order valence-electron chi connectivity index (χ2n) is 6.63. The van der Waals surface area contributed by atoms with Gasteiger partial charge in [-0.15, -0.1) is 0 Å². The van der Waals surface area contributed by atoms with Gasteiger partial charge in [0, 0.05) is 20.3 Å². The number of rotatable bonds is 6. The van der Waals surface area contributed by atoms with E-state index in [4.69, 9.17) is 9.47 Å². The largest absolute Gasteiger partial charge is 0.465 e. The van der Waals surface area contributed by atoms with Crippen molar-refractivity contribution in [3.8, 4) is 22.8 Å². The number of aromatic nitrogens is 2. The fourth-order valence-electron chi connectivity index (χ4n) is 2.91. The molecule has 0 atom stereocenters. The van der Waals surface area contributed by atoms with E-state index in [2.05, 4.69) is 9.97 Å². The average molecular weight is 389 g/mol. The zero-order valence-corrected chi connectivity index (χ0v) is 16.9. The molecule has 3 rings (SSSR count). The number of methoxy groups -OCH3 is 1. The molecule has 6 nitrogen and oxygen atoms in total. The van der Waals surface area contributed by atoms with Gasteiger partial charge >= 0.3 is 5.97 Å². The highest BCUT2D eigenvalue weighted by molar-refractivity contribution is 6.17. The smallest absolute Gasteiger partial charge is 0.340 e. The summed E-state index contributed by atoms with van der Waals surface area (Å²) in [6.07, 6.45) is 3.09. The molecule has 1 aromatic heterocycles. The maximum Gasteiger partial charge on any atom is 0.340 e. The molecule has 0 radical (unpaired) electrons. The van der Waals surface area contributed by atoms with Crippen LogP contribution >= 0.6 is 0 Å². The Balaban J connectivity index is 2.03. The lowest BCUT2D eigenvalue weighted by Crippen LogP contribution is -2.13. The zero-order valence-electron chi connectivity index (χ0n) is 16.9. The van der Waals surface area contributed by atoms with Crippen molar-refractivity contribution < 1.29 is 14.3 Å². The van der Waals surface area contributed by atoms with Gasteiger partial charge in [0.1, 0.15) is 12.1 Å². The van der Waals surface area contributed by atoms with Crippen molar-refractivity contribution in [3.63, 3.8) is 0 Å². The first-order valence-electron chi connectivity index (χ1n) is 9.11. The minimum absolute atomic E-state index is 0.293. The lowest BCUT2D eigenvalue weighted by molar-refractivity contribution is -0.133.